The quantitative estimate of drug-likeness (QED) is 0.694. The minimum Gasteiger partial charge on any atom is -0.337 e. The molecular formula is C14H10ClF2N3S. The maximum atomic E-state index is 13.7. The van der Waals surface area contributed by atoms with E-state index in [1.807, 2.05) is 13.0 Å². The number of nitrogens with one attached hydrogen (secondary N) is 1. The maximum absolute atomic E-state index is 13.7. The second-order valence-electron chi connectivity index (χ2n) is 4.35. The van der Waals surface area contributed by atoms with E-state index in [0.717, 1.165) is 22.8 Å². The molecule has 1 aromatic carbocycles. The first-order valence-corrected chi connectivity index (χ1v) is 7.45. The highest BCUT2D eigenvalue weighted by molar-refractivity contribution is 7.18. The Morgan fingerprint density at radius 1 is 1.29 bits per heavy atom. The molecule has 0 radical (unpaired) electrons. The third-order valence-corrected chi connectivity index (χ3v) is 4.31. The number of anilines is 2. The predicted octanol–water partition coefficient (Wildman–Crippen LogP) is 4.93. The molecule has 3 rings (SSSR count). The molecule has 0 saturated carbocycles. The van der Waals surface area contributed by atoms with Gasteiger partial charge in [0.2, 0.25) is 5.28 Å². The molecule has 2 aromatic heterocycles. The maximum Gasteiger partial charge on any atom is 0.225 e. The van der Waals surface area contributed by atoms with E-state index >= 15 is 0 Å². The standard InChI is InChI=1S/C14H10ClF2N3S/c1-2-7-6-8-12(19-14(15)20-13(8)21-7)18-10-5-3-4-9(16)11(10)17/h3-6H,2H2,1H3,(H,18,19,20). The van der Waals surface area contributed by atoms with Crippen LogP contribution in [0.5, 0.6) is 0 Å². The van der Waals surface area contributed by atoms with Crippen LogP contribution in [-0.2, 0) is 6.42 Å². The van der Waals surface area contributed by atoms with Crippen LogP contribution in [0.2, 0.25) is 5.28 Å². The number of fused-ring (bicyclic) bond motifs is 1. The van der Waals surface area contributed by atoms with Crippen molar-refractivity contribution < 1.29 is 8.78 Å². The lowest BCUT2D eigenvalue weighted by Crippen LogP contribution is -1.99. The van der Waals surface area contributed by atoms with E-state index in [4.69, 9.17) is 11.6 Å². The first-order valence-electron chi connectivity index (χ1n) is 6.25. The average molecular weight is 326 g/mol. The Morgan fingerprint density at radius 3 is 2.86 bits per heavy atom. The fraction of sp³-hybridized carbons (Fsp3) is 0.143. The number of rotatable bonds is 3. The first kappa shape index (κ1) is 14.2. The molecule has 1 N–H and O–H groups in total. The zero-order chi connectivity index (χ0) is 15.0. The number of thiophene rings is 1. The smallest absolute Gasteiger partial charge is 0.225 e. The van der Waals surface area contributed by atoms with Crippen molar-refractivity contribution in [3.63, 3.8) is 0 Å². The third-order valence-electron chi connectivity index (χ3n) is 2.97. The highest BCUT2D eigenvalue weighted by Gasteiger charge is 2.13. The van der Waals surface area contributed by atoms with Gasteiger partial charge in [0.1, 0.15) is 10.6 Å². The van der Waals surface area contributed by atoms with Gasteiger partial charge < -0.3 is 5.32 Å². The fourth-order valence-corrected chi connectivity index (χ4v) is 3.13. The van der Waals surface area contributed by atoms with Crippen molar-refractivity contribution in [2.45, 2.75) is 13.3 Å². The molecule has 0 aliphatic carbocycles. The molecule has 0 bridgehead atoms. The van der Waals surface area contributed by atoms with E-state index in [9.17, 15) is 8.78 Å². The topological polar surface area (TPSA) is 37.8 Å². The molecule has 0 amide bonds. The summed E-state index contributed by atoms with van der Waals surface area (Å²) < 4.78 is 27.0. The lowest BCUT2D eigenvalue weighted by molar-refractivity contribution is 0.512. The van der Waals surface area contributed by atoms with Crippen molar-refractivity contribution in [1.82, 2.24) is 9.97 Å². The highest BCUT2D eigenvalue weighted by Crippen LogP contribution is 2.32. The molecule has 0 spiro atoms. The van der Waals surface area contributed by atoms with Gasteiger partial charge in [0, 0.05) is 4.88 Å². The van der Waals surface area contributed by atoms with E-state index in [0.29, 0.717) is 10.6 Å². The van der Waals surface area contributed by atoms with Gasteiger partial charge in [0.25, 0.3) is 0 Å². The number of hydrogen-bond donors (Lipinski definition) is 1. The lowest BCUT2D eigenvalue weighted by Gasteiger charge is -2.08. The summed E-state index contributed by atoms with van der Waals surface area (Å²) in [5.74, 6) is -1.51. The lowest BCUT2D eigenvalue weighted by atomic mass is 10.2. The number of benzene rings is 1. The van der Waals surface area contributed by atoms with Gasteiger partial charge in [0.05, 0.1) is 11.1 Å². The van der Waals surface area contributed by atoms with E-state index < -0.39 is 11.6 Å². The summed E-state index contributed by atoms with van der Waals surface area (Å²) in [7, 11) is 0. The normalized spacial score (nSPS) is 11.0. The van der Waals surface area contributed by atoms with E-state index in [2.05, 4.69) is 15.3 Å². The number of halogens is 3. The van der Waals surface area contributed by atoms with E-state index in [1.165, 1.54) is 23.5 Å². The van der Waals surface area contributed by atoms with Gasteiger partial charge in [-0.3, -0.25) is 0 Å². The zero-order valence-electron chi connectivity index (χ0n) is 11.0. The number of aryl methyl sites for hydroxylation is 1. The molecule has 0 atom stereocenters. The SMILES string of the molecule is CCc1cc2c(Nc3cccc(F)c3F)nc(Cl)nc2s1. The molecule has 0 aliphatic heterocycles. The molecule has 0 aliphatic rings. The molecule has 21 heavy (non-hydrogen) atoms. The van der Waals surface area contributed by atoms with Crippen LogP contribution < -0.4 is 5.32 Å². The Bertz CT molecular complexity index is 819. The van der Waals surface area contributed by atoms with Gasteiger partial charge in [-0.25, -0.2) is 13.8 Å². The monoisotopic (exact) mass is 325 g/mol. The van der Waals surface area contributed by atoms with Gasteiger partial charge in [0.15, 0.2) is 11.6 Å². The van der Waals surface area contributed by atoms with Gasteiger partial charge in [-0.15, -0.1) is 11.3 Å². The van der Waals surface area contributed by atoms with Crippen LogP contribution in [0.25, 0.3) is 10.2 Å². The zero-order valence-corrected chi connectivity index (χ0v) is 12.5. The van der Waals surface area contributed by atoms with Crippen LogP contribution in [0.4, 0.5) is 20.3 Å². The fourth-order valence-electron chi connectivity index (χ4n) is 1.94. The molecule has 7 heteroatoms. The Morgan fingerprint density at radius 2 is 2.10 bits per heavy atom. The Hall–Kier alpha value is -1.79. The number of hydrogen-bond acceptors (Lipinski definition) is 4. The van der Waals surface area contributed by atoms with Gasteiger partial charge in [-0.05, 0) is 36.2 Å². The highest BCUT2D eigenvalue weighted by atomic mass is 35.5. The largest absolute Gasteiger partial charge is 0.337 e. The van der Waals surface area contributed by atoms with Crippen LogP contribution in [0.15, 0.2) is 24.3 Å². The summed E-state index contributed by atoms with van der Waals surface area (Å²) in [6.45, 7) is 2.03. The molecule has 0 unspecified atom stereocenters. The van der Waals surface area contributed by atoms with Crippen molar-refractivity contribution in [2.24, 2.45) is 0 Å². The Labute approximate surface area is 128 Å². The molecule has 0 saturated heterocycles. The van der Waals surface area contributed by atoms with Crippen molar-refractivity contribution in [1.29, 1.82) is 0 Å². The minimum atomic E-state index is -0.952. The predicted molar refractivity (Wildman–Crippen MR) is 81.4 cm³/mol. The van der Waals surface area contributed by atoms with Gasteiger partial charge in [-0.2, -0.15) is 4.98 Å². The van der Waals surface area contributed by atoms with Gasteiger partial charge >= 0.3 is 0 Å². The molecule has 108 valence electrons. The van der Waals surface area contributed by atoms with Crippen molar-refractivity contribution in [2.75, 3.05) is 5.32 Å². The minimum absolute atomic E-state index is 0.00955. The summed E-state index contributed by atoms with van der Waals surface area (Å²) in [5, 5.41) is 3.59. The third kappa shape index (κ3) is 2.69. The van der Waals surface area contributed by atoms with Gasteiger partial charge in [-0.1, -0.05) is 13.0 Å². The Balaban J connectivity index is 2.11. The van der Waals surface area contributed by atoms with Crippen LogP contribution in [-0.4, -0.2) is 9.97 Å². The first-order chi connectivity index (χ1) is 10.1. The number of nitrogens with zero attached hydrogens (tertiary/aromatic N) is 2. The molecule has 3 nitrogen and oxygen atoms in total. The molecule has 3 aromatic rings. The van der Waals surface area contributed by atoms with Crippen molar-refractivity contribution in [3.8, 4) is 0 Å². The average Bonchev–Trinajstić information content (AvgIpc) is 2.87. The van der Waals surface area contributed by atoms with Crippen molar-refractivity contribution >= 4 is 44.7 Å². The van der Waals surface area contributed by atoms with E-state index in [1.54, 1.807) is 0 Å². The summed E-state index contributed by atoms with van der Waals surface area (Å²) in [5.41, 5.74) is 0.00955. The Kier molecular flexibility index (Phi) is 3.73. The summed E-state index contributed by atoms with van der Waals surface area (Å²) in [4.78, 5) is 10.1. The second-order valence-corrected chi connectivity index (χ2v) is 5.81. The van der Waals surface area contributed by atoms with Crippen LogP contribution in [0.3, 0.4) is 0 Å². The van der Waals surface area contributed by atoms with E-state index in [-0.39, 0.29) is 11.0 Å². The molecule has 0 fully saturated rings. The molecular weight excluding hydrogens is 316 g/mol. The summed E-state index contributed by atoms with van der Waals surface area (Å²) in [6.07, 6.45) is 0.854. The summed E-state index contributed by atoms with van der Waals surface area (Å²) in [6, 6.07) is 5.85. The van der Waals surface area contributed by atoms with Crippen LogP contribution >= 0.6 is 22.9 Å². The molecule has 2 heterocycles. The number of aromatic nitrogens is 2. The van der Waals surface area contributed by atoms with Crippen LogP contribution in [0.1, 0.15) is 11.8 Å². The second kappa shape index (κ2) is 5.54. The summed E-state index contributed by atoms with van der Waals surface area (Å²) >= 11 is 7.39. The van der Waals surface area contributed by atoms with Crippen LogP contribution in [0, 0.1) is 11.6 Å². The van der Waals surface area contributed by atoms with Crippen molar-refractivity contribution in [3.05, 3.63) is 46.1 Å².